The van der Waals surface area contributed by atoms with E-state index in [1.54, 1.807) is 13.4 Å². The molecule has 14 nitrogen and oxygen atoms in total. The van der Waals surface area contributed by atoms with Gasteiger partial charge < -0.3 is 32.9 Å². The molecular weight excluding hydrogens is 780 g/mol. The summed E-state index contributed by atoms with van der Waals surface area (Å²) in [5.41, 5.74) is 2.99. The van der Waals surface area contributed by atoms with Crippen molar-refractivity contribution in [2.24, 2.45) is 4.99 Å². The Bertz CT molecular complexity index is 2150. The average molecular weight is 835 g/mol. The van der Waals surface area contributed by atoms with Crippen LogP contribution in [0.15, 0.2) is 103 Å². The van der Waals surface area contributed by atoms with Gasteiger partial charge in [0.15, 0.2) is 17.0 Å². The molecule has 2 fully saturated rings. The fraction of sp³-hybridized carbons (Fsp3) is 0.444. The number of morpholine rings is 1. The van der Waals surface area contributed by atoms with Crippen molar-refractivity contribution in [2.75, 3.05) is 46.6 Å². The second kappa shape index (κ2) is 20.1. The molecule has 0 bridgehead atoms. The maximum Gasteiger partial charge on any atom is 0.259 e. The second-order valence-corrected chi connectivity index (χ2v) is 16.7. The fourth-order valence-corrected chi connectivity index (χ4v) is 9.67. The number of aliphatic imine (C=N–C) groups is 1. The van der Waals surface area contributed by atoms with Crippen molar-refractivity contribution in [1.29, 1.82) is 5.26 Å². The van der Waals surface area contributed by atoms with Gasteiger partial charge in [-0.15, -0.1) is 0 Å². The molecule has 2 aromatic heterocycles. The van der Waals surface area contributed by atoms with Crippen LogP contribution in [0.4, 0.5) is 5.82 Å². The number of nitrogens with zero attached hydrogens (tertiary/aromatic N) is 8. The number of rotatable bonds is 17. The highest BCUT2D eigenvalue weighted by Crippen LogP contribution is 2.51. The Labute approximate surface area is 354 Å². The number of aromatic nitrogens is 4. The van der Waals surface area contributed by atoms with Crippen LogP contribution in [-0.2, 0) is 28.9 Å². The van der Waals surface area contributed by atoms with Crippen LogP contribution in [0.25, 0.3) is 11.2 Å². The molecule has 316 valence electrons. The lowest BCUT2D eigenvalue weighted by atomic mass is 9.80. The van der Waals surface area contributed by atoms with Crippen LogP contribution in [0.3, 0.4) is 0 Å². The summed E-state index contributed by atoms with van der Waals surface area (Å²) in [6, 6.07) is 30.9. The summed E-state index contributed by atoms with van der Waals surface area (Å²) in [6.07, 6.45) is 2.39. The predicted octanol–water partition coefficient (Wildman–Crippen LogP) is 8.17. The molecule has 0 spiro atoms. The second-order valence-electron chi connectivity index (χ2n) is 15.3. The van der Waals surface area contributed by atoms with Gasteiger partial charge in [0.1, 0.15) is 35.8 Å². The summed E-state index contributed by atoms with van der Waals surface area (Å²) < 4.78 is 43.2. The van der Waals surface area contributed by atoms with Crippen LogP contribution < -0.4 is 4.74 Å². The van der Waals surface area contributed by atoms with Gasteiger partial charge in [0.05, 0.1) is 58.5 Å². The molecule has 0 amide bonds. The molecule has 60 heavy (non-hydrogen) atoms. The van der Waals surface area contributed by atoms with Gasteiger partial charge in [-0.05, 0) is 63.4 Å². The Balaban J connectivity index is 1.27. The van der Waals surface area contributed by atoms with Crippen molar-refractivity contribution < 1.29 is 28.0 Å². The van der Waals surface area contributed by atoms with Gasteiger partial charge in [0, 0.05) is 31.6 Å². The highest BCUT2D eigenvalue weighted by atomic mass is 31.2. The lowest BCUT2D eigenvalue weighted by molar-refractivity contribution is -0.0912. The first-order valence-corrected chi connectivity index (χ1v) is 21.7. The molecule has 2 saturated heterocycles. The van der Waals surface area contributed by atoms with Crippen LogP contribution >= 0.6 is 8.53 Å². The Morgan fingerprint density at radius 3 is 2.20 bits per heavy atom. The van der Waals surface area contributed by atoms with Crippen LogP contribution in [0, 0.1) is 11.3 Å². The van der Waals surface area contributed by atoms with Gasteiger partial charge in [-0.1, -0.05) is 72.8 Å². The summed E-state index contributed by atoms with van der Waals surface area (Å²) in [7, 11) is 0.0523. The summed E-state index contributed by atoms with van der Waals surface area (Å²) in [4.78, 5) is 21.1. The molecule has 2 aliphatic heterocycles. The van der Waals surface area contributed by atoms with Crippen LogP contribution in [0.1, 0.15) is 70.4 Å². The zero-order valence-electron chi connectivity index (χ0n) is 35.3. The summed E-state index contributed by atoms with van der Waals surface area (Å²) in [5.74, 6) is 2.08. The van der Waals surface area contributed by atoms with E-state index in [-0.39, 0.29) is 31.7 Å². The first kappa shape index (κ1) is 43.3. The van der Waals surface area contributed by atoms with Gasteiger partial charge >= 0.3 is 0 Å². The number of nitriles is 1. The van der Waals surface area contributed by atoms with Crippen molar-refractivity contribution in [1.82, 2.24) is 29.1 Å². The maximum absolute atomic E-state index is 9.43. The minimum atomic E-state index is -1.61. The fourth-order valence-electron chi connectivity index (χ4n) is 7.91. The number of ether oxygens (including phenoxy) is 4. The summed E-state index contributed by atoms with van der Waals surface area (Å²) in [5, 5.41) is 9.43. The van der Waals surface area contributed by atoms with Gasteiger partial charge in [0.2, 0.25) is 0 Å². The molecule has 2 unspecified atom stereocenters. The Morgan fingerprint density at radius 1 is 0.933 bits per heavy atom. The Hall–Kier alpha value is -4.84. The number of hydrogen-bond donors (Lipinski definition) is 0. The lowest BCUT2D eigenvalue weighted by Crippen LogP contribution is -2.39. The molecule has 2 aliphatic rings. The molecule has 3 aromatic carbocycles. The lowest BCUT2D eigenvalue weighted by Gasteiger charge is -2.39. The first-order valence-electron chi connectivity index (χ1n) is 20.6. The number of hydrogen-bond acceptors (Lipinski definition) is 12. The predicted molar refractivity (Wildman–Crippen MR) is 231 cm³/mol. The Kier molecular flexibility index (Phi) is 14.5. The SMILES string of the molecule is COc1ccc(C(OC[C@H]2O[C@@H](n3cnc4c(/N=C(/C)N5CCOCC5)ncnc43)CC2OP(OCCC#N)N(C(C)C)C(C)C)(c2ccccc2)c2ccccc2)cc1. The molecule has 5 aromatic rings. The monoisotopic (exact) mass is 834 g/mol. The molecule has 15 heteroatoms. The van der Waals surface area contributed by atoms with E-state index in [1.165, 1.54) is 6.33 Å². The van der Waals surface area contributed by atoms with Crippen LogP contribution in [0.5, 0.6) is 5.75 Å². The third-order valence-corrected chi connectivity index (χ3v) is 12.9. The molecule has 0 saturated carbocycles. The molecule has 4 atom stereocenters. The van der Waals surface area contributed by atoms with Gasteiger partial charge in [-0.3, -0.25) is 4.57 Å². The smallest absolute Gasteiger partial charge is 0.259 e. The van der Waals surface area contributed by atoms with E-state index in [1.807, 2.05) is 60.0 Å². The van der Waals surface area contributed by atoms with E-state index in [4.69, 9.17) is 38.0 Å². The molecule has 4 heterocycles. The highest BCUT2D eigenvalue weighted by molar-refractivity contribution is 7.44. The van der Waals surface area contributed by atoms with E-state index in [0.29, 0.717) is 36.6 Å². The standard InChI is InChI=1S/C45H55N8O6P/c1-32(2)53(33(3)4)60(57-25-13-22-46)59-39-28-41(52-31-49-42-43(47-30-48-44(42)52)50-34(5)51-23-26-55-27-24-51)58-40(39)29-56-45(35-14-9-7-10-15-35,36-16-11-8-12-17-36)37-18-20-38(54-6)21-19-37/h7-12,14-21,30-33,39-41H,13,23-29H2,1-6H3/b50-34-/t39?,40-,41-,60?/m1/s1. The Morgan fingerprint density at radius 2 is 1.58 bits per heavy atom. The van der Waals surface area contributed by atoms with Crippen molar-refractivity contribution in [2.45, 2.75) is 83.6 Å². The number of amidine groups is 1. The van der Waals surface area contributed by atoms with E-state index in [2.05, 4.69) is 89.7 Å². The molecule has 0 aliphatic carbocycles. The summed E-state index contributed by atoms with van der Waals surface area (Å²) >= 11 is 0. The van der Waals surface area contributed by atoms with Gasteiger partial charge in [-0.25, -0.2) is 24.6 Å². The van der Waals surface area contributed by atoms with Crippen molar-refractivity contribution >= 4 is 31.3 Å². The van der Waals surface area contributed by atoms with Crippen LogP contribution in [-0.4, -0.2) is 106 Å². The topological polar surface area (TPSA) is 142 Å². The third-order valence-electron chi connectivity index (χ3n) is 10.8. The van der Waals surface area contributed by atoms with E-state index >= 15 is 0 Å². The van der Waals surface area contributed by atoms with Gasteiger partial charge in [0.25, 0.3) is 8.53 Å². The van der Waals surface area contributed by atoms with Crippen molar-refractivity contribution in [3.63, 3.8) is 0 Å². The number of benzene rings is 3. The molecule has 7 rings (SSSR count). The number of imidazole rings is 1. The molecule has 0 N–H and O–H groups in total. The largest absolute Gasteiger partial charge is 0.497 e. The first-order chi connectivity index (χ1) is 29.2. The van der Waals surface area contributed by atoms with E-state index in [9.17, 15) is 5.26 Å². The highest BCUT2D eigenvalue weighted by Gasteiger charge is 2.45. The normalized spacial score (nSPS) is 19.4. The average Bonchev–Trinajstić information content (AvgIpc) is 3.89. The van der Waals surface area contributed by atoms with E-state index in [0.717, 1.165) is 41.4 Å². The molecular formula is C45H55N8O6P. The minimum Gasteiger partial charge on any atom is -0.497 e. The number of methoxy groups -OCH3 is 1. The number of fused-ring (bicyclic) bond motifs is 1. The molecule has 0 radical (unpaired) electrons. The maximum atomic E-state index is 9.43. The van der Waals surface area contributed by atoms with Crippen LogP contribution in [0.2, 0.25) is 0 Å². The van der Waals surface area contributed by atoms with Gasteiger partial charge in [-0.2, -0.15) is 5.26 Å². The summed E-state index contributed by atoms with van der Waals surface area (Å²) in [6.45, 7) is 13.7. The van der Waals surface area contributed by atoms with Crippen molar-refractivity contribution in [3.8, 4) is 11.8 Å². The van der Waals surface area contributed by atoms with Crippen molar-refractivity contribution in [3.05, 3.63) is 114 Å². The zero-order chi connectivity index (χ0) is 42.1. The minimum absolute atomic E-state index is 0.110. The van der Waals surface area contributed by atoms with E-state index < -0.39 is 32.6 Å². The quantitative estimate of drug-likeness (QED) is 0.0293. The zero-order valence-corrected chi connectivity index (χ0v) is 36.2. The third kappa shape index (κ3) is 9.54.